The number of nitrogens with zero attached hydrogens (tertiary/aromatic N) is 1. The van der Waals surface area contributed by atoms with Crippen molar-refractivity contribution in [3.8, 4) is 6.07 Å². The van der Waals surface area contributed by atoms with Crippen LogP contribution in [0.5, 0.6) is 0 Å². The predicted molar refractivity (Wildman–Crippen MR) is 89.0 cm³/mol. The Morgan fingerprint density at radius 3 is 2.32 bits per heavy atom. The fourth-order valence-corrected chi connectivity index (χ4v) is 1.92. The Hall–Kier alpha value is -3.66. The number of anilines is 1. The van der Waals surface area contributed by atoms with Gasteiger partial charge in [-0.3, -0.25) is 4.79 Å². The van der Waals surface area contributed by atoms with Crippen LogP contribution in [0.2, 0.25) is 0 Å². The van der Waals surface area contributed by atoms with Gasteiger partial charge in [-0.1, -0.05) is 12.1 Å². The van der Waals surface area contributed by atoms with E-state index in [4.69, 9.17) is 10.4 Å². The van der Waals surface area contributed by atoms with Crippen molar-refractivity contribution < 1.29 is 19.1 Å². The summed E-state index contributed by atoms with van der Waals surface area (Å²) >= 11 is 0. The molecule has 3 N–H and O–H groups in total. The Labute approximate surface area is 143 Å². The molecule has 0 bridgehead atoms. The van der Waals surface area contributed by atoms with Crippen LogP contribution in [0.3, 0.4) is 0 Å². The molecule has 0 aliphatic heterocycles. The topological polar surface area (TPSA) is 102 Å². The van der Waals surface area contributed by atoms with Gasteiger partial charge in [0, 0.05) is 18.4 Å². The maximum Gasteiger partial charge on any atom is 0.335 e. The first-order chi connectivity index (χ1) is 12.0. The van der Waals surface area contributed by atoms with Crippen LogP contribution in [0.15, 0.2) is 60.3 Å². The third kappa shape index (κ3) is 5.18. The molecule has 0 unspecified atom stereocenters. The summed E-state index contributed by atoms with van der Waals surface area (Å²) in [6.45, 7) is 0.314. The summed E-state index contributed by atoms with van der Waals surface area (Å²) in [4.78, 5) is 22.8. The Morgan fingerprint density at radius 1 is 1.12 bits per heavy atom. The van der Waals surface area contributed by atoms with Crippen molar-refractivity contribution in [3.63, 3.8) is 0 Å². The van der Waals surface area contributed by atoms with E-state index in [2.05, 4.69) is 10.6 Å². The van der Waals surface area contributed by atoms with Gasteiger partial charge >= 0.3 is 5.97 Å². The number of nitrogens with one attached hydrogen (secondary N) is 2. The Morgan fingerprint density at radius 2 is 1.76 bits per heavy atom. The summed E-state index contributed by atoms with van der Waals surface area (Å²) in [5, 5.41) is 23.2. The minimum absolute atomic E-state index is 0.147. The highest BCUT2D eigenvalue weighted by molar-refractivity contribution is 6.06. The molecule has 25 heavy (non-hydrogen) atoms. The van der Waals surface area contributed by atoms with Crippen molar-refractivity contribution in [2.75, 3.05) is 5.32 Å². The number of carboxylic acid groups (broad SMARTS) is 1. The molecule has 0 atom stereocenters. The lowest BCUT2D eigenvalue weighted by atomic mass is 10.1. The van der Waals surface area contributed by atoms with E-state index in [9.17, 15) is 14.0 Å². The number of carbonyl (C=O) groups excluding carboxylic acids is 1. The lowest BCUT2D eigenvalue weighted by molar-refractivity contribution is -0.112. The number of nitriles is 1. The van der Waals surface area contributed by atoms with Gasteiger partial charge in [-0.25, -0.2) is 9.18 Å². The van der Waals surface area contributed by atoms with Gasteiger partial charge in [-0.2, -0.15) is 5.26 Å². The second-order valence-electron chi connectivity index (χ2n) is 5.01. The predicted octanol–water partition coefficient (Wildman–Crippen LogP) is 2.66. The van der Waals surface area contributed by atoms with Crippen molar-refractivity contribution in [2.45, 2.75) is 6.54 Å². The van der Waals surface area contributed by atoms with Crippen LogP contribution in [-0.4, -0.2) is 17.0 Å². The number of carboxylic acids is 1. The molecule has 0 radical (unpaired) electrons. The van der Waals surface area contributed by atoms with Gasteiger partial charge in [-0.15, -0.1) is 0 Å². The van der Waals surface area contributed by atoms with Crippen LogP contribution < -0.4 is 10.6 Å². The van der Waals surface area contributed by atoms with Gasteiger partial charge in [0.1, 0.15) is 17.5 Å². The molecular weight excluding hydrogens is 325 g/mol. The molecule has 0 aliphatic rings. The van der Waals surface area contributed by atoms with Crippen molar-refractivity contribution in [1.29, 1.82) is 5.26 Å². The monoisotopic (exact) mass is 339 g/mol. The maximum atomic E-state index is 12.8. The first-order valence-corrected chi connectivity index (χ1v) is 7.22. The molecule has 0 aliphatic carbocycles. The summed E-state index contributed by atoms with van der Waals surface area (Å²) in [7, 11) is 0. The largest absolute Gasteiger partial charge is 0.478 e. The fraction of sp³-hybridized carbons (Fsp3) is 0.0556. The summed E-state index contributed by atoms with van der Waals surface area (Å²) in [5.41, 5.74) is 1.19. The average Bonchev–Trinajstić information content (AvgIpc) is 2.61. The zero-order valence-corrected chi connectivity index (χ0v) is 13.0. The van der Waals surface area contributed by atoms with Crippen molar-refractivity contribution in [3.05, 3.63) is 77.2 Å². The molecule has 1 amide bonds. The molecule has 126 valence electrons. The zero-order chi connectivity index (χ0) is 18.2. The van der Waals surface area contributed by atoms with Gasteiger partial charge in [0.15, 0.2) is 0 Å². The lowest BCUT2D eigenvalue weighted by Crippen LogP contribution is -2.16. The third-order valence-electron chi connectivity index (χ3n) is 3.22. The van der Waals surface area contributed by atoms with Crippen LogP contribution in [-0.2, 0) is 11.3 Å². The Bertz CT molecular complexity index is 837. The summed E-state index contributed by atoms with van der Waals surface area (Å²) in [5.74, 6) is -2.06. The quantitative estimate of drug-likeness (QED) is 0.555. The maximum absolute atomic E-state index is 12.8. The highest BCUT2D eigenvalue weighted by Crippen LogP contribution is 2.10. The van der Waals surface area contributed by atoms with Gasteiger partial charge in [-0.05, 0) is 42.0 Å². The highest BCUT2D eigenvalue weighted by atomic mass is 19.1. The number of rotatable bonds is 6. The van der Waals surface area contributed by atoms with Crippen LogP contribution in [0.25, 0.3) is 0 Å². The molecule has 6 nitrogen and oxygen atoms in total. The van der Waals surface area contributed by atoms with E-state index in [0.29, 0.717) is 12.2 Å². The number of carbonyl (C=O) groups is 2. The van der Waals surface area contributed by atoms with E-state index in [1.807, 2.05) is 0 Å². The van der Waals surface area contributed by atoms with E-state index >= 15 is 0 Å². The second-order valence-corrected chi connectivity index (χ2v) is 5.01. The summed E-state index contributed by atoms with van der Waals surface area (Å²) in [6, 6.07) is 13.2. The SMILES string of the molecule is N#C/C(=C/NCc1ccc(C(=O)O)cc1)C(=O)Nc1ccc(F)cc1. The number of hydrogen-bond donors (Lipinski definition) is 3. The molecule has 0 saturated carbocycles. The molecule has 0 fully saturated rings. The van der Waals surface area contributed by atoms with Crippen molar-refractivity contribution in [2.24, 2.45) is 0 Å². The first-order valence-electron chi connectivity index (χ1n) is 7.22. The molecule has 2 aromatic rings. The number of benzene rings is 2. The second kappa shape index (κ2) is 8.26. The average molecular weight is 339 g/mol. The van der Waals surface area contributed by atoms with Crippen molar-refractivity contribution >= 4 is 17.6 Å². The molecule has 0 heterocycles. The third-order valence-corrected chi connectivity index (χ3v) is 3.22. The van der Waals surface area contributed by atoms with E-state index in [0.717, 1.165) is 5.56 Å². The van der Waals surface area contributed by atoms with Gasteiger partial charge in [0.2, 0.25) is 0 Å². The molecule has 7 heteroatoms. The van der Waals surface area contributed by atoms with Gasteiger partial charge in [0.25, 0.3) is 5.91 Å². The van der Waals surface area contributed by atoms with Crippen LogP contribution in [0.1, 0.15) is 15.9 Å². The smallest absolute Gasteiger partial charge is 0.335 e. The molecular formula is C18H14FN3O3. The van der Waals surface area contributed by atoms with Crippen LogP contribution >= 0.6 is 0 Å². The van der Waals surface area contributed by atoms with Gasteiger partial charge in [0.05, 0.1) is 5.56 Å². The Kier molecular flexibility index (Phi) is 5.85. The van der Waals surface area contributed by atoms with Crippen LogP contribution in [0.4, 0.5) is 10.1 Å². The molecule has 0 spiro atoms. The van der Waals surface area contributed by atoms with Crippen LogP contribution in [0, 0.1) is 17.1 Å². The van der Waals surface area contributed by atoms with Gasteiger partial charge < -0.3 is 15.7 Å². The van der Waals surface area contributed by atoms with E-state index in [1.54, 1.807) is 18.2 Å². The number of hydrogen-bond acceptors (Lipinski definition) is 4. The van der Waals surface area contributed by atoms with E-state index in [-0.39, 0.29) is 11.1 Å². The fourth-order valence-electron chi connectivity index (χ4n) is 1.92. The summed E-state index contributed by atoms with van der Waals surface area (Å²) in [6.07, 6.45) is 1.27. The molecule has 0 aromatic heterocycles. The standard InChI is InChI=1S/C18H14FN3O3/c19-15-5-7-16(8-6-15)22-17(23)14(9-20)11-21-10-12-1-3-13(4-2-12)18(24)25/h1-8,11,21H,10H2,(H,22,23)(H,24,25)/b14-11-. The van der Waals surface area contributed by atoms with Crippen molar-refractivity contribution in [1.82, 2.24) is 5.32 Å². The molecule has 0 saturated heterocycles. The minimum atomic E-state index is -1.01. The molecule has 2 aromatic carbocycles. The molecule has 2 rings (SSSR count). The zero-order valence-electron chi connectivity index (χ0n) is 13.0. The first kappa shape index (κ1) is 17.7. The number of aromatic carboxylic acids is 1. The number of amides is 1. The highest BCUT2D eigenvalue weighted by Gasteiger charge is 2.09. The van der Waals surface area contributed by atoms with E-state index < -0.39 is 17.7 Å². The Balaban J connectivity index is 1.95. The summed E-state index contributed by atoms with van der Waals surface area (Å²) < 4.78 is 12.8. The number of halogens is 1. The normalized spacial score (nSPS) is 10.6. The minimum Gasteiger partial charge on any atom is -0.478 e. The lowest BCUT2D eigenvalue weighted by Gasteiger charge is -2.05. The van der Waals surface area contributed by atoms with E-state index in [1.165, 1.54) is 42.6 Å².